The highest BCUT2D eigenvalue weighted by molar-refractivity contribution is 6.36. The molecule has 0 aromatic carbocycles. The van der Waals surface area contributed by atoms with Crippen molar-refractivity contribution >= 4 is 34.9 Å². The van der Waals surface area contributed by atoms with Gasteiger partial charge in [-0.3, -0.25) is 4.79 Å². The van der Waals surface area contributed by atoms with Crippen molar-refractivity contribution in [1.29, 1.82) is 0 Å². The van der Waals surface area contributed by atoms with Gasteiger partial charge in [-0.2, -0.15) is 0 Å². The Morgan fingerprint density at radius 1 is 1.50 bits per heavy atom. The number of halogens is 2. The Hall–Kier alpha value is -1.000. The summed E-state index contributed by atoms with van der Waals surface area (Å²) in [6, 6.07) is 1.67. The predicted octanol–water partition coefficient (Wildman–Crippen LogP) is 2.30. The highest BCUT2D eigenvalue weighted by Gasteiger charge is 2.30. The van der Waals surface area contributed by atoms with E-state index >= 15 is 0 Å². The zero-order chi connectivity index (χ0) is 13.3. The molecule has 4 nitrogen and oxygen atoms in total. The van der Waals surface area contributed by atoms with Crippen LogP contribution in [0.1, 0.15) is 6.42 Å². The minimum Gasteiger partial charge on any atom is -0.355 e. The number of aromatic nitrogens is 1. The Balaban J connectivity index is 2.11. The van der Waals surface area contributed by atoms with Crippen molar-refractivity contribution in [2.45, 2.75) is 6.42 Å². The maximum atomic E-state index is 11.9. The van der Waals surface area contributed by atoms with Gasteiger partial charge in [0, 0.05) is 33.4 Å². The second-order valence-corrected chi connectivity index (χ2v) is 5.47. The van der Waals surface area contributed by atoms with Crippen LogP contribution < -0.4 is 4.90 Å². The molecule has 2 rings (SSSR count). The summed E-state index contributed by atoms with van der Waals surface area (Å²) in [5.74, 6) is 0.881. The van der Waals surface area contributed by atoms with Gasteiger partial charge in [0.2, 0.25) is 5.91 Å². The Morgan fingerprint density at radius 2 is 2.22 bits per heavy atom. The number of amides is 1. The van der Waals surface area contributed by atoms with Crippen LogP contribution in [-0.2, 0) is 4.79 Å². The number of pyridine rings is 1. The van der Waals surface area contributed by atoms with E-state index in [0.717, 1.165) is 13.0 Å². The Kier molecular flexibility index (Phi) is 3.97. The lowest BCUT2D eigenvalue weighted by atomic mass is 10.1. The van der Waals surface area contributed by atoms with Gasteiger partial charge < -0.3 is 9.80 Å². The lowest BCUT2D eigenvalue weighted by molar-refractivity contribution is -0.132. The molecule has 1 fully saturated rings. The summed E-state index contributed by atoms with van der Waals surface area (Å²) in [6.07, 6.45) is 2.40. The Morgan fingerprint density at radius 3 is 2.83 bits per heavy atom. The second kappa shape index (κ2) is 5.33. The van der Waals surface area contributed by atoms with Gasteiger partial charge in [0.15, 0.2) is 0 Å². The molecule has 1 aliphatic rings. The monoisotopic (exact) mass is 287 g/mol. The van der Waals surface area contributed by atoms with Gasteiger partial charge >= 0.3 is 0 Å². The van der Waals surface area contributed by atoms with Crippen LogP contribution in [0, 0.1) is 5.92 Å². The molecule has 2 heterocycles. The quantitative estimate of drug-likeness (QED) is 0.838. The van der Waals surface area contributed by atoms with E-state index in [0.29, 0.717) is 22.4 Å². The fourth-order valence-electron chi connectivity index (χ4n) is 2.16. The van der Waals surface area contributed by atoms with E-state index in [2.05, 4.69) is 4.98 Å². The van der Waals surface area contributed by atoms with Crippen LogP contribution in [0.2, 0.25) is 10.0 Å². The maximum Gasteiger partial charge on any atom is 0.227 e. The van der Waals surface area contributed by atoms with E-state index in [-0.39, 0.29) is 11.8 Å². The first kappa shape index (κ1) is 13.4. The second-order valence-electron chi connectivity index (χ2n) is 4.62. The summed E-state index contributed by atoms with van der Waals surface area (Å²) in [4.78, 5) is 19.8. The lowest BCUT2D eigenvalue weighted by Crippen LogP contribution is -2.32. The molecule has 0 spiro atoms. The molecule has 1 atom stereocenters. The number of carbonyl (C=O) groups excluding carboxylic acids is 1. The third-order valence-electron chi connectivity index (χ3n) is 3.07. The first-order valence-electron chi connectivity index (χ1n) is 5.76. The molecule has 18 heavy (non-hydrogen) atoms. The molecule has 6 heteroatoms. The van der Waals surface area contributed by atoms with E-state index in [1.807, 2.05) is 4.90 Å². The summed E-state index contributed by atoms with van der Waals surface area (Å²) in [7, 11) is 3.55. The third kappa shape index (κ3) is 2.70. The number of carbonyl (C=O) groups is 1. The van der Waals surface area contributed by atoms with Gasteiger partial charge in [-0.15, -0.1) is 0 Å². The van der Waals surface area contributed by atoms with Crippen molar-refractivity contribution in [3.05, 3.63) is 22.3 Å². The number of hydrogen-bond acceptors (Lipinski definition) is 3. The average molecular weight is 288 g/mol. The predicted molar refractivity (Wildman–Crippen MR) is 73.3 cm³/mol. The minimum atomic E-state index is 0.0218. The number of nitrogens with zero attached hydrogens (tertiary/aromatic N) is 3. The zero-order valence-electron chi connectivity index (χ0n) is 10.4. The normalized spacial score (nSPS) is 19.1. The molecule has 1 unspecified atom stereocenters. The Bertz CT molecular complexity index is 465. The van der Waals surface area contributed by atoms with Crippen LogP contribution in [0.4, 0.5) is 5.82 Å². The van der Waals surface area contributed by atoms with Crippen molar-refractivity contribution in [2.24, 2.45) is 5.92 Å². The van der Waals surface area contributed by atoms with Gasteiger partial charge in [-0.25, -0.2) is 4.98 Å². The van der Waals surface area contributed by atoms with Crippen molar-refractivity contribution in [3.63, 3.8) is 0 Å². The molecular weight excluding hydrogens is 273 g/mol. The van der Waals surface area contributed by atoms with Gasteiger partial charge in [0.1, 0.15) is 5.82 Å². The molecule has 0 radical (unpaired) electrons. The first-order valence-corrected chi connectivity index (χ1v) is 6.52. The van der Waals surface area contributed by atoms with Gasteiger partial charge in [0.25, 0.3) is 0 Å². The van der Waals surface area contributed by atoms with Crippen LogP contribution in [0.3, 0.4) is 0 Å². The van der Waals surface area contributed by atoms with Crippen molar-refractivity contribution in [3.8, 4) is 0 Å². The average Bonchev–Trinajstić information content (AvgIpc) is 2.77. The van der Waals surface area contributed by atoms with Crippen molar-refractivity contribution in [1.82, 2.24) is 9.88 Å². The number of hydrogen-bond donors (Lipinski definition) is 0. The van der Waals surface area contributed by atoms with Gasteiger partial charge in [0.05, 0.1) is 16.0 Å². The molecule has 1 saturated heterocycles. The SMILES string of the molecule is CN(C)C(=O)C1CCN(c2ncc(Cl)cc2Cl)C1. The van der Waals surface area contributed by atoms with Crippen LogP contribution in [0.25, 0.3) is 0 Å². The smallest absolute Gasteiger partial charge is 0.227 e. The topological polar surface area (TPSA) is 36.4 Å². The summed E-state index contributed by atoms with van der Waals surface area (Å²) >= 11 is 11.9. The van der Waals surface area contributed by atoms with E-state index < -0.39 is 0 Å². The summed E-state index contributed by atoms with van der Waals surface area (Å²) in [5, 5.41) is 1.05. The van der Waals surface area contributed by atoms with E-state index in [1.165, 1.54) is 0 Å². The minimum absolute atomic E-state index is 0.0218. The van der Waals surface area contributed by atoms with Crippen molar-refractivity contribution in [2.75, 3.05) is 32.1 Å². The summed E-state index contributed by atoms with van der Waals surface area (Å²) in [6.45, 7) is 1.45. The molecular formula is C12H15Cl2N3O. The largest absolute Gasteiger partial charge is 0.355 e. The molecule has 0 N–H and O–H groups in total. The molecule has 0 bridgehead atoms. The van der Waals surface area contributed by atoms with Crippen LogP contribution >= 0.6 is 23.2 Å². The molecule has 0 aliphatic carbocycles. The lowest BCUT2D eigenvalue weighted by Gasteiger charge is -2.19. The zero-order valence-corrected chi connectivity index (χ0v) is 11.9. The number of anilines is 1. The molecule has 1 aliphatic heterocycles. The summed E-state index contributed by atoms with van der Waals surface area (Å²) in [5.41, 5.74) is 0. The maximum absolute atomic E-state index is 11.9. The van der Waals surface area contributed by atoms with Crippen LogP contribution in [0.15, 0.2) is 12.3 Å². The summed E-state index contributed by atoms with van der Waals surface area (Å²) < 4.78 is 0. The number of rotatable bonds is 2. The van der Waals surface area contributed by atoms with E-state index in [9.17, 15) is 4.79 Å². The highest BCUT2D eigenvalue weighted by atomic mass is 35.5. The highest BCUT2D eigenvalue weighted by Crippen LogP contribution is 2.30. The van der Waals surface area contributed by atoms with Gasteiger partial charge in [-0.1, -0.05) is 23.2 Å². The van der Waals surface area contributed by atoms with Crippen LogP contribution in [-0.4, -0.2) is 43.0 Å². The fourth-order valence-corrected chi connectivity index (χ4v) is 2.66. The molecule has 1 aromatic rings. The van der Waals surface area contributed by atoms with E-state index in [1.54, 1.807) is 31.3 Å². The molecule has 1 aromatic heterocycles. The van der Waals surface area contributed by atoms with Crippen LogP contribution in [0.5, 0.6) is 0 Å². The fraction of sp³-hybridized carbons (Fsp3) is 0.500. The van der Waals surface area contributed by atoms with Gasteiger partial charge in [-0.05, 0) is 12.5 Å². The molecule has 0 saturated carbocycles. The Labute approximate surface area is 116 Å². The van der Waals surface area contributed by atoms with E-state index in [4.69, 9.17) is 23.2 Å². The molecule has 98 valence electrons. The third-order valence-corrected chi connectivity index (χ3v) is 3.55. The first-order chi connectivity index (χ1) is 8.49. The molecule has 1 amide bonds. The van der Waals surface area contributed by atoms with Crippen molar-refractivity contribution < 1.29 is 4.79 Å². The standard InChI is InChI=1S/C12H15Cl2N3O/c1-16(2)12(18)8-3-4-17(7-8)11-10(14)5-9(13)6-15-11/h5-6,8H,3-4,7H2,1-2H3.